The number of nitrogens with zero attached hydrogens (tertiary/aromatic N) is 8. The lowest BCUT2D eigenvalue weighted by molar-refractivity contribution is 0.0979. The lowest BCUT2D eigenvalue weighted by Crippen LogP contribution is -2.25. The molecule has 1 aliphatic rings. The number of carbonyl (C=O) groups is 4. The van der Waals surface area contributed by atoms with Crippen LogP contribution in [0.5, 0.6) is 11.5 Å². The molecule has 18 nitrogen and oxygen atoms in total. The van der Waals surface area contributed by atoms with E-state index in [9.17, 15) is 19.2 Å². The molecule has 0 fully saturated rings. The van der Waals surface area contributed by atoms with Crippen LogP contribution in [0.1, 0.15) is 99.2 Å². The minimum Gasteiger partial charge on any atom is -0.494 e. The van der Waals surface area contributed by atoms with E-state index in [1.165, 1.54) is 7.11 Å². The van der Waals surface area contributed by atoms with Crippen LogP contribution in [0, 0.1) is 13.8 Å². The molecule has 0 aliphatic carbocycles. The molecule has 298 valence electrons. The molecular weight excluding hydrogens is 733 g/mol. The van der Waals surface area contributed by atoms with E-state index in [-0.39, 0.29) is 28.9 Å². The number of nitrogens with two attached hydrogens (primary N) is 2. The number of aryl methyl sites for hydroxylation is 6. The number of carbonyl (C=O) groups excluding carboxylic acids is 4. The van der Waals surface area contributed by atoms with Gasteiger partial charge in [0, 0.05) is 43.7 Å². The third-order valence-corrected chi connectivity index (χ3v) is 9.97. The minimum absolute atomic E-state index is 0.208. The highest BCUT2D eigenvalue weighted by molar-refractivity contribution is 6.06. The Hall–Kier alpha value is -6.72. The Morgan fingerprint density at radius 1 is 0.789 bits per heavy atom. The summed E-state index contributed by atoms with van der Waals surface area (Å²) in [6.07, 6.45) is 1.60. The molecule has 18 heteroatoms. The van der Waals surface area contributed by atoms with Crippen LogP contribution in [0.2, 0.25) is 0 Å². The summed E-state index contributed by atoms with van der Waals surface area (Å²) in [6, 6.07) is 8.14. The first kappa shape index (κ1) is 38.6. The van der Waals surface area contributed by atoms with Crippen molar-refractivity contribution in [3.05, 3.63) is 69.8 Å². The molecule has 4 aromatic heterocycles. The zero-order chi connectivity index (χ0) is 40.9. The first-order valence-electron chi connectivity index (χ1n) is 18.8. The van der Waals surface area contributed by atoms with Crippen LogP contribution in [0.4, 0.5) is 11.9 Å². The Bertz CT molecular complexity index is 2610. The molecule has 7 rings (SSSR count). The fraction of sp³-hybridized carbons (Fsp3) is 0.385. The lowest BCUT2D eigenvalue weighted by atomic mass is 9.98. The summed E-state index contributed by atoms with van der Waals surface area (Å²) >= 11 is 0. The number of hydrogen-bond acceptors (Lipinski definition) is 10. The van der Waals surface area contributed by atoms with Gasteiger partial charge in [-0.2, -0.15) is 10.2 Å². The van der Waals surface area contributed by atoms with Crippen molar-refractivity contribution >= 4 is 57.6 Å². The molecule has 2 aromatic carbocycles. The average molecular weight is 779 g/mol. The number of rotatable bonds is 14. The van der Waals surface area contributed by atoms with Gasteiger partial charge >= 0.3 is 0 Å². The second-order valence-electron chi connectivity index (χ2n) is 14.7. The summed E-state index contributed by atoms with van der Waals surface area (Å²) in [5, 5.41) is 14.8. The second kappa shape index (κ2) is 14.7. The quantitative estimate of drug-likeness (QED) is 0.114. The number of anilines is 2. The molecule has 0 bridgehead atoms. The largest absolute Gasteiger partial charge is 0.494 e. The maximum Gasteiger partial charge on any atom is 0.276 e. The van der Waals surface area contributed by atoms with Gasteiger partial charge in [0.25, 0.3) is 17.7 Å². The van der Waals surface area contributed by atoms with E-state index >= 15 is 0 Å². The van der Waals surface area contributed by atoms with Gasteiger partial charge in [0.05, 0.1) is 40.6 Å². The van der Waals surface area contributed by atoms with E-state index in [0.29, 0.717) is 96.3 Å². The summed E-state index contributed by atoms with van der Waals surface area (Å²) in [7, 11) is 1.49. The molecule has 6 aromatic rings. The van der Waals surface area contributed by atoms with Gasteiger partial charge in [-0.3, -0.25) is 39.2 Å². The smallest absolute Gasteiger partial charge is 0.276 e. The molecular formula is C39H46N12O6. The summed E-state index contributed by atoms with van der Waals surface area (Å²) in [5.74, 6) is -0.773. The average Bonchev–Trinajstić information content (AvgIpc) is 3.97. The van der Waals surface area contributed by atoms with Crippen molar-refractivity contribution in [2.24, 2.45) is 11.5 Å². The van der Waals surface area contributed by atoms with Gasteiger partial charge < -0.3 is 30.1 Å². The summed E-state index contributed by atoms with van der Waals surface area (Å²) in [6.45, 7) is 13.1. The standard InChI is InChI=1S/C39H46N12O6/c1-8-50-27(14-20(3)46-50)35(54)44-37-43-26-18-23(34(41)53)32-24(19-39(5,6)57-32)30(26)48(37)12-10-11-13-49-31-25(16-22(33(40)52)17-29(31)56-7)42-38(49)45-36(55)28-15-21(4)47-51(28)9-2/h14-18H,8-13,19H2,1-7H3,(H2,40,52)(H2,41,53)(H,42,45,55)(H,43,44,54). The van der Waals surface area contributed by atoms with Crippen molar-refractivity contribution in [1.82, 2.24) is 38.7 Å². The Morgan fingerprint density at radius 3 is 1.81 bits per heavy atom. The predicted octanol–water partition coefficient (Wildman–Crippen LogP) is 4.34. The van der Waals surface area contributed by atoms with Crippen molar-refractivity contribution in [3.63, 3.8) is 0 Å². The number of primary amides is 2. The van der Waals surface area contributed by atoms with Gasteiger partial charge in [0.2, 0.25) is 17.8 Å². The molecule has 0 unspecified atom stereocenters. The fourth-order valence-electron chi connectivity index (χ4n) is 7.53. The summed E-state index contributed by atoms with van der Waals surface area (Å²) in [4.78, 5) is 61.7. The van der Waals surface area contributed by atoms with E-state index in [1.54, 1.807) is 39.7 Å². The van der Waals surface area contributed by atoms with E-state index < -0.39 is 23.3 Å². The number of unbranched alkanes of at least 4 members (excludes halogenated alkanes) is 1. The highest BCUT2D eigenvalue weighted by Crippen LogP contribution is 2.43. The molecule has 0 saturated heterocycles. The highest BCUT2D eigenvalue weighted by Gasteiger charge is 2.37. The van der Waals surface area contributed by atoms with Gasteiger partial charge in [0.1, 0.15) is 34.0 Å². The van der Waals surface area contributed by atoms with Gasteiger partial charge in [-0.1, -0.05) is 0 Å². The molecule has 0 radical (unpaired) electrons. The Balaban J connectivity index is 1.25. The van der Waals surface area contributed by atoms with Gasteiger partial charge in [0.15, 0.2) is 0 Å². The van der Waals surface area contributed by atoms with E-state index in [1.807, 2.05) is 50.7 Å². The molecule has 4 amide bonds. The normalized spacial score (nSPS) is 13.2. The topological polar surface area (TPSA) is 234 Å². The van der Waals surface area contributed by atoms with Crippen LogP contribution in [0.3, 0.4) is 0 Å². The molecule has 1 aliphatic heterocycles. The highest BCUT2D eigenvalue weighted by atomic mass is 16.5. The minimum atomic E-state index is -0.648. The van der Waals surface area contributed by atoms with Gasteiger partial charge in [-0.25, -0.2) is 9.97 Å². The monoisotopic (exact) mass is 778 g/mol. The van der Waals surface area contributed by atoms with Crippen LogP contribution >= 0.6 is 0 Å². The molecule has 6 N–H and O–H groups in total. The summed E-state index contributed by atoms with van der Waals surface area (Å²) in [5.41, 5.74) is 16.4. The molecule has 57 heavy (non-hydrogen) atoms. The van der Waals surface area contributed by atoms with Crippen molar-refractivity contribution in [2.75, 3.05) is 17.7 Å². The number of hydrogen-bond donors (Lipinski definition) is 4. The van der Waals surface area contributed by atoms with Crippen LogP contribution in [-0.2, 0) is 32.6 Å². The number of aromatic nitrogens is 8. The Morgan fingerprint density at radius 2 is 1.32 bits per heavy atom. The van der Waals surface area contributed by atoms with Crippen molar-refractivity contribution < 1.29 is 28.7 Å². The molecule has 5 heterocycles. The first-order chi connectivity index (χ1) is 27.1. The predicted molar refractivity (Wildman–Crippen MR) is 212 cm³/mol. The molecule has 0 spiro atoms. The van der Waals surface area contributed by atoms with Crippen LogP contribution in [0.25, 0.3) is 22.1 Å². The fourth-order valence-corrected chi connectivity index (χ4v) is 7.53. The number of ether oxygens (including phenoxy) is 2. The number of benzene rings is 2. The van der Waals surface area contributed by atoms with Gasteiger partial charge in [-0.05, 0) is 84.7 Å². The van der Waals surface area contributed by atoms with Crippen molar-refractivity contribution in [2.45, 2.75) is 92.6 Å². The Labute approximate surface area is 327 Å². The number of amides is 4. The number of imidazole rings is 2. The van der Waals surface area contributed by atoms with Crippen LogP contribution < -0.4 is 31.6 Å². The van der Waals surface area contributed by atoms with E-state index in [0.717, 1.165) is 11.1 Å². The third-order valence-electron chi connectivity index (χ3n) is 9.97. The lowest BCUT2D eigenvalue weighted by Gasteiger charge is -2.17. The van der Waals surface area contributed by atoms with Gasteiger partial charge in [-0.15, -0.1) is 0 Å². The summed E-state index contributed by atoms with van der Waals surface area (Å²) < 4.78 is 19.0. The van der Waals surface area contributed by atoms with E-state index in [2.05, 4.69) is 20.8 Å². The van der Waals surface area contributed by atoms with E-state index in [4.69, 9.17) is 30.9 Å². The first-order valence-corrected chi connectivity index (χ1v) is 18.8. The molecule has 0 atom stereocenters. The third kappa shape index (κ3) is 7.13. The van der Waals surface area contributed by atoms with Crippen LogP contribution in [-0.4, -0.2) is 75.0 Å². The SMILES string of the molecule is CCn1nc(C)cc1C(=O)Nc1nc2cc(C(N)=O)cc(OC)c2n1CCCCn1c(NC(=O)c2cc(C)nn2CC)nc2cc(C(N)=O)c3c(c21)CC(C)(C)O3. The van der Waals surface area contributed by atoms with Crippen LogP contribution in [0.15, 0.2) is 30.3 Å². The van der Waals surface area contributed by atoms with Crippen molar-refractivity contribution in [1.29, 1.82) is 0 Å². The zero-order valence-corrected chi connectivity index (χ0v) is 33.0. The second-order valence-corrected chi connectivity index (χ2v) is 14.7. The van der Waals surface area contributed by atoms with Crippen molar-refractivity contribution in [3.8, 4) is 11.5 Å². The maximum atomic E-state index is 13.7. The zero-order valence-electron chi connectivity index (χ0n) is 33.0. The Kier molecular flexibility index (Phi) is 9.97. The number of nitrogens with one attached hydrogen (secondary N) is 2. The molecule has 0 saturated carbocycles. The number of methoxy groups -OCH3 is 1. The number of fused-ring (bicyclic) bond motifs is 4. The maximum absolute atomic E-state index is 13.7.